The van der Waals surface area contributed by atoms with Gasteiger partial charge in [-0.15, -0.1) is 0 Å². The van der Waals surface area contributed by atoms with Gasteiger partial charge in [-0.25, -0.2) is 0 Å². The molecule has 2 N–H and O–H groups in total. The van der Waals surface area contributed by atoms with Crippen LogP contribution < -0.4 is 10.6 Å². The Morgan fingerprint density at radius 2 is 1.58 bits per heavy atom. The van der Waals surface area contributed by atoms with Gasteiger partial charge in [0.15, 0.2) is 0 Å². The van der Waals surface area contributed by atoms with Gasteiger partial charge in [0.05, 0.1) is 0 Å². The summed E-state index contributed by atoms with van der Waals surface area (Å²) in [4.78, 5) is 28.6. The molecule has 3 rings (SSSR count). The van der Waals surface area contributed by atoms with E-state index in [1.54, 1.807) is 54.9 Å². The maximum atomic E-state index is 12.5. The van der Waals surface area contributed by atoms with Gasteiger partial charge in [0.25, 0.3) is 11.8 Å². The first kappa shape index (κ1) is 17.4. The Morgan fingerprint density at radius 3 is 2.23 bits per heavy atom. The van der Waals surface area contributed by atoms with Gasteiger partial charge in [0, 0.05) is 41.6 Å². The Morgan fingerprint density at radius 1 is 0.923 bits per heavy atom. The largest absolute Gasteiger partial charge is 0.341 e. The second kappa shape index (κ2) is 7.65. The van der Waals surface area contributed by atoms with Crippen molar-refractivity contribution in [1.29, 1.82) is 0 Å². The van der Waals surface area contributed by atoms with E-state index in [1.807, 2.05) is 30.7 Å². The Balaban J connectivity index is 1.72. The summed E-state index contributed by atoms with van der Waals surface area (Å²) in [7, 11) is 0. The van der Waals surface area contributed by atoms with Gasteiger partial charge < -0.3 is 15.2 Å². The van der Waals surface area contributed by atoms with Crippen LogP contribution >= 0.6 is 0 Å². The molecule has 0 saturated heterocycles. The van der Waals surface area contributed by atoms with Gasteiger partial charge in [-0.05, 0) is 56.3 Å². The van der Waals surface area contributed by atoms with Crippen LogP contribution in [-0.2, 0) is 0 Å². The monoisotopic (exact) mass is 348 g/mol. The lowest BCUT2D eigenvalue weighted by Crippen LogP contribution is -2.18. The second-order valence-electron chi connectivity index (χ2n) is 6.12. The Bertz CT molecular complexity index is 916. The molecule has 0 atom stereocenters. The van der Waals surface area contributed by atoms with Crippen molar-refractivity contribution in [2.45, 2.75) is 19.9 Å². The normalized spacial score (nSPS) is 10.6. The number of nitrogens with zero attached hydrogens (tertiary/aromatic N) is 2. The quantitative estimate of drug-likeness (QED) is 0.732. The van der Waals surface area contributed by atoms with Crippen molar-refractivity contribution in [2.75, 3.05) is 10.6 Å². The van der Waals surface area contributed by atoms with E-state index in [0.29, 0.717) is 22.6 Å². The minimum Gasteiger partial charge on any atom is -0.341 e. The third-order valence-electron chi connectivity index (χ3n) is 3.89. The fraction of sp³-hybridized carbons (Fsp3) is 0.150. The second-order valence-corrected chi connectivity index (χ2v) is 6.12. The lowest BCUT2D eigenvalue weighted by atomic mass is 10.2. The number of carbonyl (C=O) groups excluding carboxylic acids is 2. The molecule has 0 saturated carbocycles. The van der Waals surface area contributed by atoms with Crippen molar-refractivity contribution in [1.82, 2.24) is 9.55 Å². The summed E-state index contributed by atoms with van der Waals surface area (Å²) in [5, 5.41) is 5.68. The number of hydrogen-bond donors (Lipinski definition) is 2. The van der Waals surface area contributed by atoms with Crippen molar-refractivity contribution in [3.63, 3.8) is 0 Å². The fourth-order valence-electron chi connectivity index (χ4n) is 2.61. The topological polar surface area (TPSA) is 76.0 Å². The zero-order chi connectivity index (χ0) is 18.5. The summed E-state index contributed by atoms with van der Waals surface area (Å²) in [6, 6.07) is 14.1. The Hall–Kier alpha value is -3.41. The molecule has 2 aromatic heterocycles. The molecule has 0 bridgehead atoms. The lowest BCUT2D eigenvalue weighted by molar-refractivity contribution is 0.101. The highest BCUT2D eigenvalue weighted by molar-refractivity contribution is 6.05. The molecule has 0 radical (unpaired) electrons. The summed E-state index contributed by atoms with van der Waals surface area (Å²) in [6.07, 6.45) is 5.01. The maximum Gasteiger partial charge on any atom is 0.272 e. The maximum absolute atomic E-state index is 12.5. The predicted octanol–water partition coefficient (Wildman–Crippen LogP) is 3.97. The number of anilines is 2. The summed E-state index contributed by atoms with van der Waals surface area (Å²) < 4.78 is 1.91. The number of nitrogens with one attached hydrogen (secondary N) is 2. The van der Waals surface area contributed by atoms with Crippen molar-refractivity contribution in [2.24, 2.45) is 0 Å². The Labute approximate surface area is 151 Å². The van der Waals surface area contributed by atoms with Gasteiger partial charge in [-0.3, -0.25) is 14.6 Å². The van der Waals surface area contributed by atoms with E-state index in [4.69, 9.17) is 0 Å². The number of carbonyl (C=O) groups is 2. The molecule has 0 unspecified atom stereocenters. The SMILES string of the molecule is CC(C)n1cccc1C(=O)Nc1cccc(NC(=O)c2ccncc2)c1. The van der Waals surface area contributed by atoms with Crippen molar-refractivity contribution in [3.8, 4) is 0 Å². The van der Waals surface area contributed by atoms with E-state index in [2.05, 4.69) is 15.6 Å². The van der Waals surface area contributed by atoms with E-state index < -0.39 is 0 Å². The Kier molecular flexibility index (Phi) is 5.12. The van der Waals surface area contributed by atoms with Crippen LogP contribution in [0.5, 0.6) is 0 Å². The van der Waals surface area contributed by atoms with Crippen molar-refractivity contribution >= 4 is 23.2 Å². The number of hydrogen-bond acceptors (Lipinski definition) is 3. The molecule has 6 heteroatoms. The molecular formula is C20H20N4O2. The van der Waals surface area contributed by atoms with Crippen LogP contribution in [0.25, 0.3) is 0 Å². The van der Waals surface area contributed by atoms with Crippen molar-refractivity contribution < 1.29 is 9.59 Å². The molecule has 1 aromatic carbocycles. The van der Waals surface area contributed by atoms with E-state index in [-0.39, 0.29) is 17.9 Å². The van der Waals surface area contributed by atoms with Gasteiger partial charge in [-0.1, -0.05) is 6.07 Å². The highest BCUT2D eigenvalue weighted by Crippen LogP contribution is 2.18. The van der Waals surface area contributed by atoms with Gasteiger partial charge in [0.2, 0.25) is 0 Å². The third kappa shape index (κ3) is 3.97. The molecule has 0 aliphatic rings. The molecule has 0 fully saturated rings. The van der Waals surface area contributed by atoms with Crippen LogP contribution in [0.4, 0.5) is 11.4 Å². The summed E-state index contributed by atoms with van der Waals surface area (Å²) in [5.74, 6) is -0.425. The van der Waals surface area contributed by atoms with Crippen LogP contribution in [0.3, 0.4) is 0 Å². The van der Waals surface area contributed by atoms with Crippen LogP contribution in [0.2, 0.25) is 0 Å². The van der Waals surface area contributed by atoms with E-state index in [0.717, 1.165) is 0 Å². The molecule has 26 heavy (non-hydrogen) atoms. The molecule has 3 aromatic rings. The van der Waals surface area contributed by atoms with Gasteiger partial charge in [-0.2, -0.15) is 0 Å². The molecule has 2 amide bonds. The third-order valence-corrected chi connectivity index (χ3v) is 3.89. The number of aromatic nitrogens is 2. The molecule has 0 aliphatic heterocycles. The summed E-state index contributed by atoms with van der Waals surface area (Å²) in [5.41, 5.74) is 2.32. The van der Waals surface area contributed by atoms with Crippen LogP contribution in [0, 0.1) is 0 Å². The average molecular weight is 348 g/mol. The number of benzene rings is 1. The van der Waals surface area contributed by atoms with Crippen LogP contribution in [0.15, 0.2) is 67.1 Å². The van der Waals surface area contributed by atoms with E-state index in [9.17, 15) is 9.59 Å². The summed E-state index contributed by atoms with van der Waals surface area (Å²) in [6.45, 7) is 4.04. The standard InChI is InChI=1S/C20H20N4O2/c1-14(2)24-12-4-7-18(24)20(26)23-17-6-3-5-16(13-17)22-19(25)15-8-10-21-11-9-15/h3-14H,1-2H3,(H,22,25)(H,23,26). The van der Waals surface area contributed by atoms with E-state index in [1.165, 1.54) is 0 Å². The molecule has 6 nitrogen and oxygen atoms in total. The predicted molar refractivity (Wildman–Crippen MR) is 101 cm³/mol. The zero-order valence-corrected chi connectivity index (χ0v) is 14.6. The zero-order valence-electron chi connectivity index (χ0n) is 14.6. The van der Waals surface area contributed by atoms with E-state index >= 15 is 0 Å². The number of amides is 2. The molecule has 2 heterocycles. The highest BCUT2D eigenvalue weighted by atomic mass is 16.2. The first-order chi connectivity index (χ1) is 12.5. The first-order valence-electron chi connectivity index (χ1n) is 8.34. The molecule has 0 spiro atoms. The lowest BCUT2D eigenvalue weighted by Gasteiger charge is -2.13. The van der Waals surface area contributed by atoms with Crippen molar-refractivity contribution in [3.05, 3.63) is 78.4 Å². The van der Waals surface area contributed by atoms with Gasteiger partial charge >= 0.3 is 0 Å². The minimum absolute atomic E-state index is 0.191. The molecule has 0 aliphatic carbocycles. The number of rotatable bonds is 5. The van der Waals surface area contributed by atoms with Crippen LogP contribution in [-0.4, -0.2) is 21.4 Å². The summed E-state index contributed by atoms with van der Waals surface area (Å²) >= 11 is 0. The van der Waals surface area contributed by atoms with Crippen LogP contribution in [0.1, 0.15) is 40.7 Å². The first-order valence-corrected chi connectivity index (χ1v) is 8.34. The molecule has 132 valence electrons. The van der Waals surface area contributed by atoms with Gasteiger partial charge in [0.1, 0.15) is 5.69 Å². The fourth-order valence-corrected chi connectivity index (χ4v) is 2.61. The highest BCUT2D eigenvalue weighted by Gasteiger charge is 2.13. The molecular weight excluding hydrogens is 328 g/mol. The number of pyridine rings is 1. The minimum atomic E-state index is -0.232. The smallest absolute Gasteiger partial charge is 0.272 e. The average Bonchev–Trinajstić information content (AvgIpc) is 3.13.